The SMILES string of the molecule is CCNCc1c(C)cc(C)nc1N1CC=CCC1. The Labute approximate surface area is 110 Å². The zero-order valence-corrected chi connectivity index (χ0v) is 11.7. The average Bonchev–Trinajstić information content (AvgIpc) is 2.38. The summed E-state index contributed by atoms with van der Waals surface area (Å²) in [6.07, 6.45) is 5.61. The number of aromatic nitrogens is 1. The smallest absolute Gasteiger partial charge is 0.133 e. The van der Waals surface area contributed by atoms with Crippen LogP contribution in [0.25, 0.3) is 0 Å². The summed E-state index contributed by atoms with van der Waals surface area (Å²) in [6.45, 7) is 10.4. The van der Waals surface area contributed by atoms with E-state index < -0.39 is 0 Å². The van der Waals surface area contributed by atoms with Crippen LogP contribution in [0.3, 0.4) is 0 Å². The second-order valence-electron chi connectivity index (χ2n) is 4.87. The quantitative estimate of drug-likeness (QED) is 0.826. The van der Waals surface area contributed by atoms with Crippen molar-refractivity contribution in [2.24, 2.45) is 0 Å². The maximum absolute atomic E-state index is 4.76. The summed E-state index contributed by atoms with van der Waals surface area (Å²) in [4.78, 5) is 7.14. The standard InChI is InChI=1S/C15H23N3/c1-4-16-11-14-12(2)10-13(3)17-15(14)18-8-6-5-7-9-18/h5-6,10,16H,4,7-9,11H2,1-3H3. The first-order chi connectivity index (χ1) is 8.72. The van der Waals surface area contributed by atoms with Crippen LogP contribution >= 0.6 is 0 Å². The highest BCUT2D eigenvalue weighted by Crippen LogP contribution is 2.24. The van der Waals surface area contributed by atoms with E-state index in [9.17, 15) is 0 Å². The fourth-order valence-corrected chi connectivity index (χ4v) is 2.41. The van der Waals surface area contributed by atoms with Crippen LogP contribution in [0.15, 0.2) is 18.2 Å². The molecule has 1 aromatic heterocycles. The molecule has 0 saturated heterocycles. The van der Waals surface area contributed by atoms with Gasteiger partial charge in [-0.2, -0.15) is 0 Å². The summed E-state index contributed by atoms with van der Waals surface area (Å²) < 4.78 is 0. The number of pyridine rings is 1. The molecule has 3 heteroatoms. The molecule has 0 aliphatic carbocycles. The second-order valence-corrected chi connectivity index (χ2v) is 4.87. The van der Waals surface area contributed by atoms with Crippen molar-refractivity contribution in [3.63, 3.8) is 0 Å². The van der Waals surface area contributed by atoms with Crippen molar-refractivity contribution in [1.82, 2.24) is 10.3 Å². The number of aryl methyl sites for hydroxylation is 2. The number of nitrogens with one attached hydrogen (secondary N) is 1. The van der Waals surface area contributed by atoms with Gasteiger partial charge in [0.05, 0.1) is 0 Å². The van der Waals surface area contributed by atoms with Gasteiger partial charge in [-0.05, 0) is 38.4 Å². The average molecular weight is 245 g/mol. The predicted octanol–water partition coefficient (Wildman–Crippen LogP) is 2.57. The molecule has 1 N–H and O–H groups in total. The van der Waals surface area contributed by atoms with Gasteiger partial charge in [-0.15, -0.1) is 0 Å². The molecule has 0 saturated carbocycles. The minimum absolute atomic E-state index is 0.908. The summed E-state index contributed by atoms with van der Waals surface area (Å²) in [6, 6.07) is 2.18. The molecule has 0 amide bonds. The van der Waals surface area contributed by atoms with Gasteiger partial charge in [0.1, 0.15) is 5.82 Å². The Morgan fingerprint density at radius 2 is 2.17 bits per heavy atom. The number of rotatable bonds is 4. The van der Waals surface area contributed by atoms with E-state index in [-0.39, 0.29) is 0 Å². The lowest BCUT2D eigenvalue weighted by Gasteiger charge is -2.28. The van der Waals surface area contributed by atoms with Crippen LogP contribution in [-0.4, -0.2) is 24.6 Å². The molecule has 0 atom stereocenters. The Morgan fingerprint density at radius 1 is 1.33 bits per heavy atom. The lowest BCUT2D eigenvalue weighted by atomic mass is 10.1. The summed E-state index contributed by atoms with van der Waals surface area (Å²) in [7, 11) is 0. The molecule has 98 valence electrons. The van der Waals surface area contributed by atoms with E-state index in [2.05, 4.69) is 49.2 Å². The van der Waals surface area contributed by atoms with Crippen LogP contribution in [0.2, 0.25) is 0 Å². The molecule has 1 aromatic rings. The van der Waals surface area contributed by atoms with Crippen LogP contribution in [0.4, 0.5) is 5.82 Å². The van der Waals surface area contributed by atoms with E-state index in [1.54, 1.807) is 0 Å². The number of anilines is 1. The van der Waals surface area contributed by atoms with Gasteiger partial charge >= 0.3 is 0 Å². The van der Waals surface area contributed by atoms with E-state index in [0.717, 1.165) is 44.1 Å². The molecule has 0 bridgehead atoms. The predicted molar refractivity (Wildman–Crippen MR) is 77.1 cm³/mol. The monoisotopic (exact) mass is 245 g/mol. The first kappa shape index (κ1) is 13.1. The van der Waals surface area contributed by atoms with Crippen LogP contribution < -0.4 is 10.2 Å². The normalized spacial score (nSPS) is 15.2. The van der Waals surface area contributed by atoms with E-state index in [4.69, 9.17) is 4.98 Å². The number of hydrogen-bond acceptors (Lipinski definition) is 3. The third-order valence-corrected chi connectivity index (χ3v) is 3.36. The van der Waals surface area contributed by atoms with Crippen LogP contribution in [0.1, 0.15) is 30.2 Å². The van der Waals surface area contributed by atoms with Crippen molar-refractivity contribution in [2.45, 2.75) is 33.7 Å². The Morgan fingerprint density at radius 3 is 2.83 bits per heavy atom. The molecule has 0 fully saturated rings. The topological polar surface area (TPSA) is 28.2 Å². The fourth-order valence-electron chi connectivity index (χ4n) is 2.41. The van der Waals surface area contributed by atoms with Crippen molar-refractivity contribution in [1.29, 1.82) is 0 Å². The maximum atomic E-state index is 4.76. The Bertz CT molecular complexity index is 438. The van der Waals surface area contributed by atoms with E-state index >= 15 is 0 Å². The highest BCUT2D eigenvalue weighted by molar-refractivity contribution is 5.52. The molecule has 0 spiro atoms. The third kappa shape index (κ3) is 2.91. The first-order valence-corrected chi connectivity index (χ1v) is 6.80. The van der Waals surface area contributed by atoms with Crippen molar-refractivity contribution < 1.29 is 0 Å². The zero-order chi connectivity index (χ0) is 13.0. The van der Waals surface area contributed by atoms with Gasteiger partial charge in [0, 0.05) is 30.9 Å². The molecule has 18 heavy (non-hydrogen) atoms. The van der Waals surface area contributed by atoms with Gasteiger partial charge < -0.3 is 10.2 Å². The number of nitrogens with zero attached hydrogens (tertiary/aromatic N) is 2. The molecule has 1 aliphatic rings. The maximum Gasteiger partial charge on any atom is 0.133 e. The van der Waals surface area contributed by atoms with E-state index in [0.29, 0.717) is 0 Å². The Kier molecular flexibility index (Phi) is 4.37. The molecular formula is C15H23N3. The minimum Gasteiger partial charge on any atom is -0.352 e. The number of hydrogen-bond donors (Lipinski definition) is 1. The first-order valence-electron chi connectivity index (χ1n) is 6.80. The summed E-state index contributed by atoms with van der Waals surface area (Å²) in [5.74, 6) is 1.16. The minimum atomic E-state index is 0.908. The summed E-state index contributed by atoms with van der Waals surface area (Å²) in [5.41, 5.74) is 3.79. The van der Waals surface area contributed by atoms with Crippen molar-refractivity contribution in [3.05, 3.63) is 35.0 Å². The van der Waals surface area contributed by atoms with Crippen LogP contribution in [0, 0.1) is 13.8 Å². The molecular weight excluding hydrogens is 222 g/mol. The Hall–Kier alpha value is -1.35. The lowest BCUT2D eigenvalue weighted by Crippen LogP contribution is -2.30. The van der Waals surface area contributed by atoms with Gasteiger partial charge in [-0.25, -0.2) is 4.98 Å². The van der Waals surface area contributed by atoms with Crippen LogP contribution in [0.5, 0.6) is 0 Å². The highest BCUT2D eigenvalue weighted by Gasteiger charge is 2.15. The molecule has 0 aromatic carbocycles. The molecule has 2 rings (SSSR count). The van der Waals surface area contributed by atoms with Gasteiger partial charge in [0.2, 0.25) is 0 Å². The molecule has 2 heterocycles. The Balaban J connectivity index is 2.33. The van der Waals surface area contributed by atoms with Crippen molar-refractivity contribution in [2.75, 3.05) is 24.5 Å². The van der Waals surface area contributed by atoms with E-state index in [1.807, 2.05) is 0 Å². The van der Waals surface area contributed by atoms with Crippen LogP contribution in [-0.2, 0) is 6.54 Å². The fraction of sp³-hybridized carbons (Fsp3) is 0.533. The largest absolute Gasteiger partial charge is 0.352 e. The van der Waals surface area contributed by atoms with Gasteiger partial charge in [-0.1, -0.05) is 19.1 Å². The summed E-state index contributed by atoms with van der Waals surface area (Å²) >= 11 is 0. The zero-order valence-electron chi connectivity index (χ0n) is 11.7. The molecule has 0 unspecified atom stereocenters. The van der Waals surface area contributed by atoms with Gasteiger partial charge in [-0.3, -0.25) is 0 Å². The van der Waals surface area contributed by atoms with Gasteiger partial charge in [0.15, 0.2) is 0 Å². The second kappa shape index (κ2) is 6.01. The molecule has 0 radical (unpaired) electrons. The van der Waals surface area contributed by atoms with Crippen molar-refractivity contribution in [3.8, 4) is 0 Å². The van der Waals surface area contributed by atoms with Crippen molar-refractivity contribution >= 4 is 5.82 Å². The molecule has 3 nitrogen and oxygen atoms in total. The molecule has 1 aliphatic heterocycles. The summed E-state index contributed by atoms with van der Waals surface area (Å²) in [5, 5.41) is 3.42. The van der Waals surface area contributed by atoms with Gasteiger partial charge in [0.25, 0.3) is 0 Å². The third-order valence-electron chi connectivity index (χ3n) is 3.36. The lowest BCUT2D eigenvalue weighted by molar-refractivity contribution is 0.709. The van der Waals surface area contributed by atoms with E-state index in [1.165, 1.54) is 11.1 Å². The highest BCUT2D eigenvalue weighted by atomic mass is 15.2.